The highest BCUT2D eigenvalue weighted by Crippen LogP contribution is 2.54. The van der Waals surface area contributed by atoms with Gasteiger partial charge in [-0.15, -0.1) is 0 Å². The van der Waals surface area contributed by atoms with Gasteiger partial charge in [0.05, 0.1) is 24.2 Å². The molecule has 2 bridgehead atoms. The molecule has 2 N–H and O–H groups in total. The van der Waals surface area contributed by atoms with Crippen molar-refractivity contribution in [2.45, 2.75) is 64.3 Å². The molecule has 3 aliphatic carbocycles. The van der Waals surface area contributed by atoms with Crippen molar-refractivity contribution >= 4 is 23.5 Å². The molecular weight excluding hydrogens is 634 g/mol. The number of fused-ring (bicyclic) bond motifs is 2. The van der Waals surface area contributed by atoms with E-state index < -0.39 is 52.9 Å². The van der Waals surface area contributed by atoms with Gasteiger partial charge >= 0.3 is 12.1 Å². The van der Waals surface area contributed by atoms with Gasteiger partial charge in [-0.05, 0) is 94.7 Å². The number of alkyl halides is 3. The fraction of sp³-hybridized carbons (Fsp3) is 0.429. The first-order valence-electron chi connectivity index (χ1n) is 15.7. The van der Waals surface area contributed by atoms with Gasteiger partial charge in [0.15, 0.2) is 0 Å². The Bertz CT molecular complexity index is 1790. The fourth-order valence-corrected chi connectivity index (χ4v) is 6.72. The van der Waals surface area contributed by atoms with Crippen LogP contribution in [0.2, 0.25) is 0 Å². The van der Waals surface area contributed by atoms with E-state index >= 15 is 0 Å². The summed E-state index contributed by atoms with van der Waals surface area (Å²) >= 11 is 0. The molecule has 13 heteroatoms. The normalized spacial score (nSPS) is 22.9. The molecule has 0 unspecified atom stereocenters. The molecule has 2 aromatic carbocycles. The molecule has 0 radical (unpaired) electrons. The lowest BCUT2D eigenvalue weighted by Gasteiger charge is -2.30. The molecule has 0 spiro atoms. The molecule has 0 aliphatic heterocycles. The predicted molar refractivity (Wildman–Crippen MR) is 165 cm³/mol. The van der Waals surface area contributed by atoms with Crippen LogP contribution in [0.15, 0.2) is 58.6 Å². The standard InChI is InChI=1S/C35H35F4N3O6/c1-34(2,3)47-33(45)28-16-26(42-48-28)18-7-12-27(46-4)23(14-18)31(43)41-30-21-10-9-20(22(21)13-17-5-6-17)29(30)32(44)40-19-8-11-25(36)24(15-19)35(37,38)39/h7-8,11-17,20-21,29-30H,5-6,9-10H2,1-4H3,(H,40,44)(H,41,43)/b22-13-/t20-,21+,29-,30+/m0/s1. The fourth-order valence-electron chi connectivity index (χ4n) is 6.72. The van der Waals surface area contributed by atoms with E-state index in [0.29, 0.717) is 30.0 Å². The van der Waals surface area contributed by atoms with Crippen LogP contribution in [0.4, 0.5) is 23.2 Å². The third-order valence-corrected chi connectivity index (χ3v) is 8.94. The summed E-state index contributed by atoms with van der Waals surface area (Å²) in [5.74, 6) is -3.84. The lowest BCUT2D eigenvalue weighted by Crippen LogP contribution is -2.48. The average molecular weight is 670 g/mol. The monoisotopic (exact) mass is 669 g/mol. The van der Waals surface area contributed by atoms with Crippen molar-refractivity contribution in [1.82, 2.24) is 10.5 Å². The first kappa shape index (κ1) is 33.2. The second-order valence-electron chi connectivity index (χ2n) is 13.5. The van der Waals surface area contributed by atoms with Crippen LogP contribution >= 0.6 is 0 Å². The summed E-state index contributed by atoms with van der Waals surface area (Å²) in [7, 11) is 1.41. The number of aromatic nitrogens is 1. The van der Waals surface area contributed by atoms with E-state index in [9.17, 15) is 31.9 Å². The molecule has 2 amide bonds. The maximum Gasteiger partial charge on any atom is 0.419 e. The van der Waals surface area contributed by atoms with Crippen molar-refractivity contribution in [1.29, 1.82) is 0 Å². The van der Waals surface area contributed by atoms with Gasteiger partial charge in [-0.1, -0.05) is 16.8 Å². The topological polar surface area (TPSA) is 120 Å². The Morgan fingerprint density at radius 2 is 1.71 bits per heavy atom. The third-order valence-electron chi connectivity index (χ3n) is 8.94. The van der Waals surface area contributed by atoms with E-state index in [-0.39, 0.29) is 40.3 Å². The van der Waals surface area contributed by atoms with Crippen molar-refractivity contribution in [2.24, 2.45) is 23.7 Å². The Morgan fingerprint density at radius 1 is 0.979 bits per heavy atom. The van der Waals surface area contributed by atoms with Gasteiger partial charge in [0.2, 0.25) is 11.7 Å². The molecule has 48 heavy (non-hydrogen) atoms. The molecule has 254 valence electrons. The number of nitrogens with zero attached hydrogens (tertiary/aromatic N) is 1. The van der Waals surface area contributed by atoms with Crippen LogP contribution in [0, 0.1) is 29.5 Å². The number of nitrogens with one attached hydrogen (secondary N) is 2. The number of anilines is 1. The van der Waals surface area contributed by atoms with E-state index in [0.717, 1.165) is 30.9 Å². The molecular formula is C35H35F4N3O6. The molecule has 4 atom stereocenters. The van der Waals surface area contributed by atoms with Gasteiger partial charge < -0.3 is 24.6 Å². The molecule has 3 saturated carbocycles. The van der Waals surface area contributed by atoms with Gasteiger partial charge in [0, 0.05) is 29.3 Å². The maximum atomic E-state index is 13.9. The highest BCUT2D eigenvalue weighted by molar-refractivity contribution is 6.00. The highest BCUT2D eigenvalue weighted by atomic mass is 19.4. The van der Waals surface area contributed by atoms with Crippen molar-refractivity contribution < 1.29 is 45.9 Å². The zero-order valence-corrected chi connectivity index (χ0v) is 26.7. The Morgan fingerprint density at radius 3 is 2.38 bits per heavy atom. The van der Waals surface area contributed by atoms with E-state index in [2.05, 4.69) is 21.9 Å². The summed E-state index contributed by atoms with van der Waals surface area (Å²) in [6.45, 7) is 5.16. The second kappa shape index (κ2) is 12.4. The number of carbonyl (C=O) groups excluding carboxylic acids is 3. The summed E-state index contributed by atoms with van der Waals surface area (Å²) in [6.07, 6.45) is 0.738. The molecule has 0 saturated heterocycles. The van der Waals surface area contributed by atoms with E-state index in [4.69, 9.17) is 14.0 Å². The number of hydrogen-bond acceptors (Lipinski definition) is 7. The minimum absolute atomic E-state index is 0.115. The summed E-state index contributed by atoms with van der Waals surface area (Å²) < 4.78 is 70.1. The van der Waals surface area contributed by atoms with Crippen LogP contribution in [-0.2, 0) is 15.7 Å². The number of allylic oxidation sites excluding steroid dienone is 1. The maximum absolute atomic E-state index is 13.9. The number of ether oxygens (including phenoxy) is 2. The number of methoxy groups -OCH3 is 1. The minimum atomic E-state index is -4.94. The predicted octanol–water partition coefficient (Wildman–Crippen LogP) is 7.19. The first-order valence-corrected chi connectivity index (χ1v) is 15.7. The lowest BCUT2D eigenvalue weighted by molar-refractivity contribution is -0.140. The molecule has 6 rings (SSSR count). The third kappa shape index (κ3) is 6.81. The number of benzene rings is 2. The molecule has 9 nitrogen and oxygen atoms in total. The SMILES string of the molecule is COc1ccc(-c2cc(C(=O)OC(C)(C)C)on2)cc1C(=O)N[C@H]1[C@@H](C(=O)Nc2ccc(F)c(C(F)(F)F)c2)[C@H]2CC[C@@H]1/C2=C\C1CC1. The van der Waals surface area contributed by atoms with Crippen LogP contribution in [0.25, 0.3) is 11.3 Å². The molecule has 3 fully saturated rings. The van der Waals surface area contributed by atoms with Crippen LogP contribution in [0.5, 0.6) is 5.75 Å². The zero-order valence-electron chi connectivity index (χ0n) is 26.7. The zero-order chi connectivity index (χ0) is 34.5. The summed E-state index contributed by atoms with van der Waals surface area (Å²) in [5, 5.41) is 9.56. The number of halogens is 4. The van der Waals surface area contributed by atoms with Crippen LogP contribution in [-0.4, -0.2) is 41.7 Å². The molecule has 1 heterocycles. The Balaban J connectivity index is 1.27. The Labute approximate surface area is 274 Å². The van der Waals surface area contributed by atoms with Crippen LogP contribution < -0.4 is 15.4 Å². The minimum Gasteiger partial charge on any atom is -0.496 e. The average Bonchev–Trinajstić information content (AvgIpc) is 3.42. The van der Waals surface area contributed by atoms with Crippen molar-refractivity contribution in [3.05, 3.63) is 76.8 Å². The number of amides is 2. The van der Waals surface area contributed by atoms with Crippen LogP contribution in [0.1, 0.15) is 72.9 Å². The van der Waals surface area contributed by atoms with Crippen molar-refractivity contribution in [2.75, 3.05) is 12.4 Å². The van der Waals surface area contributed by atoms with E-state index in [1.54, 1.807) is 32.9 Å². The molecule has 3 aromatic rings. The largest absolute Gasteiger partial charge is 0.496 e. The Hall–Kier alpha value is -4.68. The highest BCUT2D eigenvalue weighted by Gasteiger charge is 2.55. The number of rotatable bonds is 8. The molecule has 1 aromatic heterocycles. The number of esters is 1. The van der Waals surface area contributed by atoms with Gasteiger partial charge in [-0.2, -0.15) is 13.2 Å². The van der Waals surface area contributed by atoms with Crippen molar-refractivity contribution in [3.8, 4) is 17.0 Å². The smallest absolute Gasteiger partial charge is 0.419 e. The molecule has 3 aliphatic rings. The number of hydrogen-bond donors (Lipinski definition) is 2. The van der Waals surface area contributed by atoms with E-state index in [1.807, 2.05) is 0 Å². The first-order chi connectivity index (χ1) is 22.6. The van der Waals surface area contributed by atoms with Gasteiger partial charge in [-0.3, -0.25) is 9.59 Å². The van der Waals surface area contributed by atoms with Gasteiger partial charge in [-0.25, -0.2) is 9.18 Å². The second-order valence-corrected chi connectivity index (χ2v) is 13.5. The quantitative estimate of drug-likeness (QED) is 0.148. The summed E-state index contributed by atoms with van der Waals surface area (Å²) in [4.78, 5) is 40.2. The van der Waals surface area contributed by atoms with Gasteiger partial charge in [0.1, 0.15) is 22.9 Å². The number of carbonyl (C=O) groups is 3. The van der Waals surface area contributed by atoms with E-state index in [1.165, 1.54) is 19.2 Å². The Kier molecular flexibility index (Phi) is 8.59. The summed E-state index contributed by atoms with van der Waals surface area (Å²) in [5.41, 5.74) is -0.477. The van der Waals surface area contributed by atoms with Crippen LogP contribution in [0.3, 0.4) is 0 Å². The van der Waals surface area contributed by atoms with Crippen molar-refractivity contribution in [3.63, 3.8) is 0 Å². The van der Waals surface area contributed by atoms with Gasteiger partial charge in [0.25, 0.3) is 5.91 Å². The lowest BCUT2D eigenvalue weighted by atomic mass is 9.83. The summed E-state index contributed by atoms with van der Waals surface area (Å²) in [6, 6.07) is 7.82.